The standard InChI is InChI=1S/C8H8FNO4S/c1-4-6(8(11)12)2-5(9)3-7(4)15(10,13)14/h2-3H,1H3,(H,11,12)(H2,10,13,14). The Kier molecular flexibility index (Phi) is 2.78. The molecule has 1 aromatic carbocycles. The smallest absolute Gasteiger partial charge is 0.336 e. The first-order valence-electron chi connectivity index (χ1n) is 3.79. The highest BCUT2D eigenvalue weighted by Gasteiger charge is 2.19. The number of carboxylic acids is 1. The van der Waals surface area contributed by atoms with Gasteiger partial charge in [-0.05, 0) is 24.6 Å². The van der Waals surface area contributed by atoms with Gasteiger partial charge in [0.05, 0.1) is 10.5 Å². The normalized spacial score (nSPS) is 11.4. The fraction of sp³-hybridized carbons (Fsp3) is 0.125. The third-order valence-electron chi connectivity index (χ3n) is 1.86. The van der Waals surface area contributed by atoms with Gasteiger partial charge in [0.2, 0.25) is 10.0 Å². The highest BCUT2D eigenvalue weighted by molar-refractivity contribution is 7.89. The summed E-state index contributed by atoms with van der Waals surface area (Å²) in [4.78, 5) is 10.1. The van der Waals surface area contributed by atoms with Crippen LogP contribution in [0.3, 0.4) is 0 Å². The topological polar surface area (TPSA) is 97.5 Å². The molecular weight excluding hydrogens is 225 g/mol. The monoisotopic (exact) mass is 233 g/mol. The van der Waals surface area contributed by atoms with Crippen LogP contribution in [0.2, 0.25) is 0 Å². The van der Waals surface area contributed by atoms with E-state index in [0.29, 0.717) is 6.07 Å². The van der Waals surface area contributed by atoms with Crippen LogP contribution in [0.5, 0.6) is 0 Å². The Morgan fingerprint density at radius 2 is 2.00 bits per heavy atom. The molecule has 0 aromatic heterocycles. The molecule has 0 unspecified atom stereocenters. The first kappa shape index (κ1) is 11.6. The summed E-state index contributed by atoms with van der Waals surface area (Å²) in [6, 6.07) is 1.43. The van der Waals surface area contributed by atoms with Crippen molar-refractivity contribution in [3.63, 3.8) is 0 Å². The SMILES string of the molecule is Cc1c(C(=O)O)cc(F)cc1S(N)(=O)=O. The fourth-order valence-corrected chi connectivity index (χ4v) is 1.99. The van der Waals surface area contributed by atoms with E-state index in [-0.39, 0.29) is 5.56 Å². The Bertz CT molecular complexity index is 524. The lowest BCUT2D eigenvalue weighted by Crippen LogP contribution is -2.16. The van der Waals surface area contributed by atoms with Crippen molar-refractivity contribution in [2.45, 2.75) is 11.8 Å². The maximum atomic E-state index is 12.9. The van der Waals surface area contributed by atoms with Crippen LogP contribution in [0.1, 0.15) is 15.9 Å². The number of carbonyl (C=O) groups is 1. The number of hydrogen-bond donors (Lipinski definition) is 2. The average Bonchev–Trinajstić information content (AvgIpc) is 2.06. The molecule has 7 heteroatoms. The predicted molar refractivity (Wildman–Crippen MR) is 49.5 cm³/mol. The molecule has 15 heavy (non-hydrogen) atoms. The van der Waals surface area contributed by atoms with Crippen molar-refractivity contribution in [1.29, 1.82) is 0 Å². The molecule has 0 aliphatic rings. The fourth-order valence-electron chi connectivity index (χ4n) is 1.17. The molecule has 0 fully saturated rings. The van der Waals surface area contributed by atoms with Crippen LogP contribution in [0.25, 0.3) is 0 Å². The first-order valence-corrected chi connectivity index (χ1v) is 5.34. The highest BCUT2D eigenvalue weighted by Crippen LogP contribution is 2.19. The molecule has 0 radical (unpaired) electrons. The number of rotatable bonds is 2. The second-order valence-corrected chi connectivity index (χ2v) is 4.46. The largest absolute Gasteiger partial charge is 0.478 e. The summed E-state index contributed by atoms with van der Waals surface area (Å²) in [7, 11) is -4.12. The Hall–Kier alpha value is -1.47. The van der Waals surface area contributed by atoms with Gasteiger partial charge in [-0.2, -0.15) is 0 Å². The van der Waals surface area contributed by atoms with Crippen LogP contribution in [-0.2, 0) is 10.0 Å². The number of nitrogens with two attached hydrogens (primary N) is 1. The minimum absolute atomic E-state index is 0.0774. The van der Waals surface area contributed by atoms with Gasteiger partial charge in [0.1, 0.15) is 5.82 Å². The molecule has 1 aromatic rings. The molecule has 0 amide bonds. The molecule has 1 rings (SSSR count). The summed E-state index contributed by atoms with van der Waals surface area (Å²) in [6.07, 6.45) is 0. The number of hydrogen-bond acceptors (Lipinski definition) is 3. The third kappa shape index (κ3) is 2.31. The van der Waals surface area contributed by atoms with Crippen LogP contribution in [0.4, 0.5) is 4.39 Å². The summed E-state index contributed by atoms with van der Waals surface area (Å²) < 4.78 is 34.9. The van der Waals surface area contributed by atoms with Crippen molar-refractivity contribution < 1.29 is 22.7 Å². The van der Waals surface area contributed by atoms with Crippen molar-refractivity contribution in [3.05, 3.63) is 29.1 Å². The van der Waals surface area contributed by atoms with E-state index in [4.69, 9.17) is 10.2 Å². The van der Waals surface area contributed by atoms with Crippen LogP contribution < -0.4 is 5.14 Å². The van der Waals surface area contributed by atoms with Crippen molar-refractivity contribution in [3.8, 4) is 0 Å². The van der Waals surface area contributed by atoms with E-state index in [1.807, 2.05) is 0 Å². The van der Waals surface area contributed by atoms with Gasteiger partial charge in [-0.1, -0.05) is 0 Å². The highest BCUT2D eigenvalue weighted by atomic mass is 32.2. The lowest BCUT2D eigenvalue weighted by molar-refractivity contribution is 0.0695. The van der Waals surface area contributed by atoms with E-state index >= 15 is 0 Å². The van der Waals surface area contributed by atoms with Crippen LogP contribution >= 0.6 is 0 Å². The van der Waals surface area contributed by atoms with Gasteiger partial charge in [-0.25, -0.2) is 22.7 Å². The second-order valence-electron chi connectivity index (χ2n) is 2.93. The zero-order chi connectivity index (χ0) is 11.8. The van der Waals surface area contributed by atoms with Crippen LogP contribution in [0, 0.1) is 12.7 Å². The van der Waals surface area contributed by atoms with E-state index in [0.717, 1.165) is 6.07 Å². The summed E-state index contributed by atoms with van der Waals surface area (Å²) in [6.45, 7) is 1.25. The van der Waals surface area contributed by atoms with Gasteiger partial charge in [0.15, 0.2) is 0 Å². The summed E-state index contributed by atoms with van der Waals surface area (Å²) in [5, 5.41) is 13.5. The van der Waals surface area contributed by atoms with E-state index in [9.17, 15) is 17.6 Å². The zero-order valence-corrected chi connectivity index (χ0v) is 8.51. The maximum absolute atomic E-state index is 12.9. The molecule has 5 nitrogen and oxygen atoms in total. The van der Waals surface area contributed by atoms with Crippen molar-refractivity contribution in [2.24, 2.45) is 5.14 Å². The summed E-state index contributed by atoms with van der Waals surface area (Å²) in [5.74, 6) is -2.36. The average molecular weight is 233 g/mol. The molecule has 0 spiro atoms. The quantitative estimate of drug-likeness (QED) is 0.776. The minimum atomic E-state index is -4.12. The van der Waals surface area contributed by atoms with Gasteiger partial charge in [0.25, 0.3) is 0 Å². The molecule has 0 atom stereocenters. The predicted octanol–water partition coefficient (Wildman–Crippen LogP) is 0.480. The number of aromatic carboxylic acids is 1. The lowest BCUT2D eigenvalue weighted by Gasteiger charge is -2.06. The molecule has 0 aliphatic heterocycles. The summed E-state index contributed by atoms with van der Waals surface area (Å²) in [5.41, 5.74) is -0.495. The van der Waals surface area contributed by atoms with Crippen molar-refractivity contribution in [2.75, 3.05) is 0 Å². The molecule has 0 bridgehead atoms. The van der Waals surface area contributed by atoms with Gasteiger partial charge >= 0.3 is 5.97 Å². The van der Waals surface area contributed by atoms with Crippen LogP contribution in [0.15, 0.2) is 17.0 Å². The van der Waals surface area contributed by atoms with E-state index in [1.165, 1.54) is 6.92 Å². The molecule has 3 N–H and O–H groups in total. The number of sulfonamides is 1. The third-order valence-corrected chi connectivity index (χ3v) is 2.90. The van der Waals surface area contributed by atoms with Crippen molar-refractivity contribution >= 4 is 16.0 Å². The maximum Gasteiger partial charge on any atom is 0.336 e. The van der Waals surface area contributed by atoms with Crippen molar-refractivity contribution in [1.82, 2.24) is 0 Å². The molecule has 0 saturated carbocycles. The second kappa shape index (κ2) is 3.59. The minimum Gasteiger partial charge on any atom is -0.478 e. The number of carboxylic acid groups (broad SMARTS) is 1. The molecule has 0 heterocycles. The van der Waals surface area contributed by atoms with E-state index in [1.54, 1.807) is 0 Å². The first-order chi connectivity index (χ1) is 6.73. The molecular formula is C8H8FNO4S. The summed E-state index contributed by atoms with van der Waals surface area (Å²) >= 11 is 0. The van der Waals surface area contributed by atoms with Gasteiger partial charge in [0, 0.05) is 0 Å². The van der Waals surface area contributed by atoms with E-state index < -0.39 is 32.3 Å². The molecule has 0 aliphatic carbocycles. The van der Waals surface area contributed by atoms with Gasteiger partial charge in [-0.3, -0.25) is 0 Å². The van der Waals surface area contributed by atoms with E-state index in [2.05, 4.69) is 0 Å². The Labute approximate surface area is 85.4 Å². The Morgan fingerprint density at radius 3 is 2.40 bits per heavy atom. The van der Waals surface area contributed by atoms with Gasteiger partial charge in [-0.15, -0.1) is 0 Å². The number of benzene rings is 1. The lowest BCUT2D eigenvalue weighted by atomic mass is 10.1. The Balaban J connectivity index is 3.63. The van der Waals surface area contributed by atoms with Crippen LogP contribution in [-0.4, -0.2) is 19.5 Å². The van der Waals surface area contributed by atoms with Gasteiger partial charge < -0.3 is 5.11 Å². The zero-order valence-electron chi connectivity index (χ0n) is 7.69. The number of primary sulfonamides is 1. The molecule has 82 valence electrons. The molecule has 0 saturated heterocycles. The number of halogens is 1. The Morgan fingerprint density at radius 1 is 1.47 bits per heavy atom.